The summed E-state index contributed by atoms with van der Waals surface area (Å²) < 4.78 is 0. The largest absolute Gasteiger partial charge is 0.480 e. The Kier molecular flexibility index (Phi) is 17.0. The number of carbonyl (C=O) groups excluding carboxylic acids is 1. The van der Waals surface area contributed by atoms with Crippen molar-refractivity contribution in [3.63, 3.8) is 0 Å². The molecule has 1 amide bonds. The number of carboxylic acids is 1. The van der Waals surface area contributed by atoms with Crippen LogP contribution >= 0.6 is 0 Å². The van der Waals surface area contributed by atoms with E-state index in [2.05, 4.69) is 36.5 Å². The SMILES string of the molecule is CCCCCC=CCC=CCCCCCCCC(=O)NC(CO)C(=O)O. The zero-order valence-electron chi connectivity index (χ0n) is 16.3. The standard InChI is InChI=1S/C21H37NO4/c1-2-3-4-5-6-7-8-9-10-11-12-13-14-15-16-17-20(24)22-19(18-23)21(25)26/h6-7,9-10,19,23H,2-5,8,11-18H2,1H3,(H,22,24)(H,25,26). The van der Waals surface area contributed by atoms with E-state index in [-0.39, 0.29) is 5.91 Å². The second kappa shape index (κ2) is 18.2. The number of aliphatic carboxylic acids is 1. The second-order valence-electron chi connectivity index (χ2n) is 6.62. The molecule has 0 radical (unpaired) electrons. The molecule has 0 rings (SSSR count). The van der Waals surface area contributed by atoms with Crippen molar-refractivity contribution in [2.24, 2.45) is 0 Å². The van der Waals surface area contributed by atoms with Crippen LogP contribution in [0, 0.1) is 0 Å². The predicted molar refractivity (Wildman–Crippen MR) is 106 cm³/mol. The predicted octanol–water partition coefficient (Wildman–Crippen LogP) is 4.36. The summed E-state index contributed by atoms with van der Waals surface area (Å²) in [5.41, 5.74) is 0. The fourth-order valence-corrected chi connectivity index (χ4v) is 2.55. The fraction of sp³-hybridized carbons (Fsp3) is 0.714. The first-order valence-corrected chi connectivity index (χ1v) is 10.0. The van der Waals surface area contributed by atoms with Gasteiger partial charge in [-0.25, -0.2) is 4.79 Å². The van der Waals surface area contributed by atoms with Gasteiger partial charge in [-0.3, -0.25) is 4.79 Å². The van der Waals surface area contributed by atoms with Gasteiger partial charge in [-0.1, -0.05) is 63.3 Å². The first-order valence-electron chi connectivity index (χ1n) is 10.0. The zero-order chi connectivity index (χ0) is 19.5. The molecule has 0 aliphatic carbocycles. The van der Waals surface area contributed by atoms with E-state index >= 15 is 0 Å². The molecule has 1 unspecified atom stereocenters. The maximum atomic E-state index is 11.6. The number of allylic oxidation sites excluding steroid dienone is 4. The van der Waals surface area contributed by atoms with E-state index in [0.717, 1.165) is 44.9 Å². The van der Waals surface area contributed by atoms with Crippen LogP contribution in [0.1, 0.15) is 84.0 Å². The molecule has 0 bridgehead atoms. The van der Waals surface area contributed by atoms with Crippen LogP contribution in [0.25, 0.3) is 0 Å². The summed E-state index contributed by atoms with van der Waals surface area (Å²) in [6.07, 6.45) is 21.6. The van der Waals surface area contributed by atoms with Crippen molar-refractivity contribution in [2.45, 2.75) is 90.0 Å². The smallest absolute Gasteiger partial charge is 0.328 e. The van der Waals surface area contributed by atoms with Crippen molar-refractivity contribution in [1.29, 1.82) is 0 Å². The number of unbranched alkanes of at least 4 members (excludes halogenated alkanes) is 8. The van der Waals surface area contributed by atoms with Gasteiger partial charge >= 0.3 is 5.97 Å². The van der Waals surface area contributed by atoms with Gasteiger partial charge in [0.15, 0.2) is 0 Å². The maximum Gasteiger partial charge on any atom is 0.328 e. The molecule has 3 N–H and O–H groups in total. The number of nitrogens with one attached hydrogen (secondary N) is 1. The van der Waals surface area contributed by atoms with Gasteiger partial charge in [-0.2, -0.15) is 0 Å². The fourth-order valence-electron chi connectivity index (χ4n) is 2.55. The van der Waals surface area contributed by atoms with Crippen LogP contribution in [0.15, 0.2) is 24.3 Å². The zero-order valence-corrected chi connectivity index (χ0v) is 16.3. The van der Waals surface area contributed by atoms with E-state index in [1.807, 2.05) is 0 Å². The first kappa shape index (κ1) is 24.4. The Morgan fingerprint density at radius 3 is 2.04 bits per heavy atom. The van der Waals surface area contributed by atoms with Gasteiger partial charge in [0.25, 0.3) is 0 Å². The van der Waals surface area contributed by atoms with Gasteiger partial charge < -0.3 is 15.5 Å². The summed E-state index contributed by atoms with van der Waals surface area (Å²) in [6, 6.07) is -1.19. The quantitative estimate of drug-likeness (QED) is 0.263. The summed E-state index contributed by atoms with van der Waals surface area (Å²) in [6.45, 7) is 1.64. The summed E-state index contributed by atoms with van der Waals surface area (Å²) in [5, 5.41) is 19.9. The highest BCUT2D eigenvalue weighted by Crippen LogP contribution is 2.08. The molecular weight excluding hydrogens is 330 g/mol. The second-order valence-corrected chi connectivity index (χ2v) is 6.62. The monoisotopic (exact) mass is 367 g/mol. The van der Waals surface area contributed by atoms with E-state index < -0.39 is 18.6 Å². The number of carbonyl (C=O) groups is 2. The minimum absolute atomic E-state index is 0.308. The van der Waals surface area contributed by atoms with Gasteiger partial charge in [0.2, 0.25) is 5.91 Å². The van der Waals surface area contributed by atoms with Crippen molar-refractivity contribution in [2.75, 3.05) is 6.61 Å². The van der Waals surface area contributed by atoms with Crippen molar-refractivity contribution >= 4 is 11.9 Å². The van der Waals surface area contributed by atoms with Gasteiger partial charge in [-0.15, -0.1) is 0 Å². The van der Waals surface area contributed by atoms with Crippen LogP contribution in [-0.2, 0) is 9.59 Å². The molecule has 26 heavy (non-hydrogen) atoms. The number of hydrogen-bond acceptors (Lipinski definition) is 3. The minimum Gasteiger partial charge on any atom is -0.480 e. The van der Waals surface area contributed by atoms with Crippen molar-refractivity contribution in [3.8, 4) is 0 Å². The van der Waals surface area contributed by atoms with Crippen LogP contribution in [0.2, 0.25) is 0 Å². The Labute approximate surface area is 158 Å². The Morgan fingerprint density at radius 2 is 1.46 bits per heavy atom. The lowest BCUT2D eigenvalue weighted by atomic mass is 10.1. The average Bonchev–Trinajstić information content (AvgIpc) is 2.62. The molecule has 0 heterocycles. The first-order chi connectivity index (χ1) is 12.6. The summed E-state index contributed by atoms with van der Waals surface area (Å²) >= 11 is 0. The lowest BCUT2D eigenvalue weighted by Gasteiger charge is -2.11. The number of amides is 1. The third-order valence-electron chi connectivity index (χ3n) is 4.17. The van der Waals surface area contributed by atoms with Crippen LogP contribution in [0.5, 0.6) is 0 Å². The number of hydrogen-bond donors (Lipinski definition) is 3. The molecule has 150 valence electrons. The summed E-state index contributed by atoms with van der Waals surface area (Å²) in [4.78, 5) is 22.2. The third-order valence-corrected chi connectivity index (χ3v) is 4.17. The Bertz CT molecular complexity index is 418. The van der Waals surface area contributed by atoms with Gasteiger partial charge in [-0.05, 0) is 38.5 Å². The lowest BCUT2D eigenvalue weighted by Crippen LogP contribution is -2.43. The topological polar surface area (TPSA) is 86.6 Å². The number of rotatable bonds is 17. The molecule has 0 fully saturated rings. The number of aliphatic hydroxyl groups excluding tert-OH is 1. The van der Waals surface area contributed by atoms with E-state index in [4.69, 9.17) is 10.2 Å². The molecule has 0 aliphatic heterocycles. The molecule has 0 spiro atoms. The average molecular weight is 368 g/mol. The normalized spacial score (nSPS) is 12.7. The Morgan fingerprint density at radius 1 is 0.885 bits per heavy atom. The Hall–Kier alpha value is -1.62. The lowest BCUT2D eigenvalue weighted by molar-refractivity contribution is -0.142. The molecule has 5 nitrogen and oxygen atoms in total. The molecule has 0 aliphatic rings. The van der Waals surface area contributed by atoms with Crippen LogP contribution in [0.4, 0.5) is 0 Å². The molecular formula is C21H37NO4. The summed E-state index contributed by atoms with van der Waals surface area (Å²) in [5.74, 6) is -1.52. The molecule has 0 saturated heterocycles. The molecule has 0 aromatic rings. The molecule has 0 aromatic heterocycles. The third kappa shape index (κ3) is 15.9. The minimum atomic E-state index is -1.21. The van der Waals surface area contributed by atoms with Crippen molar-refractivity contribution in [1.82, 2.24) is 5.32 Å². The van der Waals surface area contributed by atoms with Crippen LogP contribution in [0.3, 0.4) is 0 Å². The highest BCUT2D eigenvalue weighted by molar-refractivity contribution is 5.83. The molecule has 0 saturated carbocycles. The van der Waals surface area contributed by atoms with Gasteiger partial charge in [0.05, 0.1) is 6.61 Å². The highest BCUT2D eigenvalue weighted by Gasteiger charge is 2.17. The van der Waals surface area contributed by atoms with E-state index in [1.165, 1.54) is 25.7 Å². The maximum absolute atomic E-state index is 11.6. The van der Waals surface area contributed by atoms with E-state index in [9.17, 15) is 9.59 Å². The van der Waals surface area contributed by atoms with E-state index in [0.29, 0.717) is 6.42 Å². The number of aliphatic hydroxyl groups is 1. The van der Waals surface area contributed by atoms with Crippen LogP contribution in [-0.4, -0.2) is 34.7 Å². The number of carboxylic acid groups (broad SMARTS) is 1. The van der Waals surface area contributed by atoms with Crippen molar-refractivity contribution < 1.29 is 19.8 Å². The Balaban J connectivity index is 3.44. The van der Waals surface area contributed by atoms with Crippen molar-refractivity contribution in [3.05, 3.63) is 24.3 Å². The molecule has 0 aromatic carbocycles. The highest BCUT2D eigenvalue weighted by atomic mass is 16.4. The van der Waals surface area contributed by atoms with Crippen LogP contribution < -0.4 is 5.32 Å². The van der Waals surface area contributed by atoms with Gasteiger partial charge in [0, 0.05) is 6.42 Å². The molecule has 5 heteroatoms. The summed E-state index contributed by atoms with van der Waals surface area (Å²) in [7, 11) is 0. The van der Waals surface area contributed by atoms with Gasteiger partial charge in [0.1, 0.15) is 6.04 Å². The van der Waals surface area contributed by atoms with E-state index in [1.54, 1.807) is 0 Å². The molecule has 1 atom stereocenters.